The zero-order valence-electron chi connectivity index (χ0n) is 10.2. The number of nitrogens with one attached hydrogen (secondary N) is 1. The maximum absolute atomic E-state index is 6.40. The van der Waals surface area contributed by atoms with Crippen LogP contribution in [0.2, 0.25) is 5.02 Å². The molecule has 1 N–H and O–H groups in total. The summed E-state index contributed by atoms with van der Waals surface area (Å²) in [6, 6.07) is 8.27. The molecule has 0 aliphatic rings. The van der Waals surface area contributed by atoms with Gasteiger partial charge in [-0.1, -0.05) is 29.8 Å². The molecular formula is C14H13ClN2S2. The van der Waals surface area contributed by atoms with E-state index in [1.54, 1.807) is 22.7 Å². The second kappa shape index (κ2) is 6.01. The van der Waals surface area contributed by atoms with Gasteiger partial charge in [-0.3, -0.25) is 0 Å². The molecule has 0 fully saturated rings. The van der Waals surface area contributed by atoms with E-state index in [9.17, 15) is 0 Å². The van der Waals surface area contributed by atoms with Crippen LogP contribution in [0.4, 0.5) is 0 Å². The van der Waals surface area contributed by atoms with Crippen molar-refractivity contribution in [3.05, 3.63) is 50.7 Å². The number of hydrogen-bond donors (Lipinski definition) is 1. The summed E-state index contributed by atoms with van der Waals surface area (Å²) in [4.78, 5) is 5.48. The van der Waals surface area contributed by atoms with Gasteiger partial charge in [0.15, 0.2) is 0 Å². The minimum Gasteiger partial charge on any atom is -0.311 e. The first-order valence-electron chi connectivity index (χ1n) is 6.09. The summed E-state index contributed by atoms with van der Waals surface area (Å²) >= 11 is 9.86. The second-order valence-electron chi connectivity index (χ2n) is 4.19. The zero-order valence-corrected chi connectivity index (χ0v) is 12.6. The molecule has 2 aromatic heterocycles. The van der Waals surface area contributed by atoms with Crippen LogP contribution in [0, 0.1) is 0 Å². The van der Waals surface area contributed by atoms with Crippen LogP contribution in [-0.4, -0.2) is 11.5 Å². The van der Waals surface area contributed by atoms with Gasteiger partial charge in [0.25, 0.3) is 0 Å². The number of benzene rings is 1. The average molecular weight is 309 g/mol. The van der Waals surface area contributed by atoms with Gasteiger partial charge in [0.2, 0.25) is 0 Å². The third-order valence-electron chi connectivity index (χ3n) is 2.89. The van der Waals surface area contributed by atoms with Crippen molar-refractivity contribution in [2.75, 3.05) is 6.54 Å². The van der Waals surface area contributed by atoms with Crippen molar-refractivity contribution >= 4 is 44.4 Å². The van der Waals surface area contributed by atoms with Crippen molar-refractivity contribution in [1.82, 2.24) is 10.3 Å². The molecule has 0 aliphatic heterocycles. The Kier molecular flexibility index (Phi) is 4.13. The lowest BCUT2D eigenvalue weighted by Crippen LogP contribution is -2.16. The summed E-state index contributed by atoms with van der Waals surface area (Å²) in [5.41, 5.74) is 0. The fourth-order valence-electron chi connectivity index (χ4n) is 1.95. The van der Waals surface area contributed by atoms with Gasteiger partial charge in [0.05, 0.1) is 10.0 Å². The standard InChI is InChI=1S/C14H13ClN2S2/c15-14-10-3-1-2-4-11(10)19-12(14)9-16-6-5-13-17-7-8-18-13/h1-4,7-8,16H,5-6,9H2. The monoisotopic (exact) mass is 308 g/mol. The summed E-state index contributed by atoms with van der Waals surface area (Å²) < 4.78 is 1.25. The van der Waals surface area contributed by atoms with E-state index in [2.05, 4.69) is 28.5 Å². The largest absolute Gasteiger partial charge is 0.311 e. The van der Waals surface area contributed by atoms with Crippen LogP contribution in [0.15, 0.2) is 35.8 Å². The van der Waals surface area contributed by atoms with Crippen molar-refractivity contribution in [1.29, 1.82) is 0 Å². The van der Waals surface area contributed by atoms with Gasteiger partial charge >= 0.3 is 0 Å². The predicted octanol–water partition coefficient (Wildman–Crippen LogP) is 4.34. The van der Waals surface area contributed by atoms with Gasteiger partial charge < -0.3 is 5.32 Å². The maximum atomic E-state index is 6.40. The molecule has 2 heterocycles. The molecule has 0 saturated heterocycles. The van der Waals surface area contributed by atoms with Gasteiger partial charge in [-0.25, -0.2) is 4.98 Å². The van der Waals surface area contributed by atoms with Crippen LogP contribution < -0.4 is 5.32 Å². The minimum atomic E-state index is 0.823. The third-order valence-corrected chi connectivity index (χ3v) is 5.44. The smallest absolute Gasteiger partial charge is 0.0937 e. The van der Waals surface area contributed by atoms with Crippen molar-refractivity contribution in [2.24, 2.45) is 0 Å². The molecule has 0 amide bonds. The Morgan fingerprint density at radius 2 is 2.16 bits per heavy atom. The van der Waals surface area contributed by atoms with E-state index in [1.807, 2.05) is 17.6 Å². The number of fused-ring (bicyclic) bond motifs is 1. The first kappa shape index (κ1) is 13.1. The molecule has 1 aromatic carbocycles. The summed E-state index contributed by atoms with van der Waals surface area (Å²) in [5.74, 6) is 0. The molecule has 0 unspecified atom stereocenters. The average Bonchev–Trinajstić information content (AvgIpc) is 3.04. The first-order valence-corrected chi connectivity index (χ1v) is 8.17. The fraction of sp³-hybridized carbons (Fsp3) is 0.214. The van der Waals surface area contributed by atoms with Gasteiger partial charge in [-0.15, -0.1) is 22.7 Å². The number of thiophene rings is 1. The van der Waals surface area contributed by atoms with Crippen molar-refractivity contribution in [2.45, 2.75) is 13.0 Å². The highest BCUT2D eigenvalue weighted by Gasteiger charge is 2.08. The van der Waals surface area contributed by atoms with Gasteiger partial charge in [-0.2, -0.15) is 0 Å². The molecule has 0 aliphatic carbocycles. The van der Waals surface area contributed by atoms with Crippen LogP contribution >= 0.6 is 34.3 Å². The Labute approximate surface area is 125 Å². The zero-order chi connectivity index (χ0) is 13.1. The van der Waals surface area contributed by atoms with Crippen molar-refractivity contribution in [3.8, 4) is 0 Å². The molecule has 2 nitrogen and oxygen atoms in total. The predicted molar refractivity (Wildman–Crippen MR) is 84.4 cm³/mol. The molecule has 0 saturated carbocycles. The van der Waals surface area contributed by atoms with Gasteiger partial charge in [0.1, 0.15) is 0 Å². The van der Waals surface area contributed by atoms with Gasteiger partial charge in [-0.05, 0) is 6.07 Å². The summed E-state index contributed by atoms with van der Waals surface area (Å²) in [5, 5.41) is 8.67. The molecule has 3 aromatic rings. The van der Waals surface area contributed by atoms with Crippen LogP contribution in [0.3, 0.4) is 0 Å². The molecule has 0 radical (unpaired) electrons. The highest BCUT2D eigenvalue weighted by Crippen LogP contribution is 2.34. The molecule has 5 heteroatoms. The van der Waals surface area contributed by atoms with E-state index in [-0.39, 0.29) is 0 Å². The topological polar surface area (TPSA) is 24.9 Å². The molecule has 19 heavy (non-hydrogen) atoms. The van der Waals surface area contributed by atoms with E-state index < -0.39 is 0 Å². The quantitative estimate of drug-likeness (QED) is 0.709. The fourth-order valence-corrected chi connectivity index (χ4v) is 4.04. The summed E-state index contributed by atoms with van der Waals surface area (Å²) in [7, 11) is 0. The lowest BCUT2D eigenvalue weighted by Gasteiger charge is -2.01. The lowest BCUT2D eigenvalue weighted by atomic mass is 10.2. The molecule has 98 valence electrons. The highest BCUT2D eigenvalue weighted by molar-refractivity contribution is 7.19. The van der Waals surface area contributed by atoms with E-state index in [1.165, 1.54) is 14.6 Å². The van der Waals surface area contributed by atoms with Crippen LogP contribution in [0.1, 0.15) is 9.88 Å². The number of aromatic nitrogens is 1. The van der Waals surface area contributed by atoms with E-state index >= 15 is 0 Å². The number of rotatable bonds is 5. The van der Waals surface area contributed by atoms with Crippen LogP contribution in [0.25, 0.3) is 10.1 Å². The van der Waals surface area contributed by atoms with E-state index in [0.29, 0.717) is 0 Å². The summed E-state index contributed by atoms with van der Waals surface area (Å²) in [6.07, 6.45) is 2.82. The van der Waals surface area contributed by atoms with Crippen molar-refractivity contribution in [3.63, 3.8) is 0 Å². The molecular weight excluding hydrogens is 296 g/mol. The van der Waals surface area contributed by atoms with Crippen LogP contribution in [-0.2, 0) is 13.0 Å². The Morgan fingerprint density at radius 3 is 2.95 bits per heavy atom. The number of thiazole rings is 1. The van der Waals surface area contributed by atoms with E-state index in [0.717, 1.165) is 29.9 Å². The Morgan fingerprint density at radius 1 is 1.26 bits per heavy atom. The second-order valence-corrected chi connectivity index (χ2v) is 6.68. The van der Waals surface area contributed by atoms with Crippen LogP contribution in [0.5, 0.6) is 0 Å². The molecule has 0 atom stereocenters. The number of hydrogen-bond acceptors (Lipinski definition) is 4. The first-order chi connectivity index (χ1) is 9.34. The van der Waals surface area contributed by atoms with E-state index in [4.69, 9.17) is 11.6 Å². The highest BCUT2D eigenvalue weighted by atomic mass is 35.5. The summed E-state index contributed by atoms with van der Waals surface area (Å²) in [6.45, 7) is 1.75. The lowest BCUT2D eigenvalue weighted by molar-refractivity contribution is 0.692. The number of nitrogens with zero attached hydrogens (tertiary/aromatic N) is 1. The Balaban J connectivity index is 1.61. The normalized spacial score (nSPS) is 11.2. The van der Waals surface area contributed by atoms with Gasteiger partial charge in [0, 0.05) is 46.1 Å². The Bertz CT molecular complexity index is 661. The Hall–Kier alpha value is -0.940. The maximum Gasteiger partial charge on any atom is 0.0937 e. The third kappa shape index (κ3) is 2.98. The van der Waals surface area contributed by atoms with Crippen molar-refractivity contribution < 1.29 is 0 Å². The minimum absolute atomic E-state index is 0.823. The SMILES string of the molecule is Clc1c(CNCCc2nccs2)sc2ccccc12. The number of halogens is 1. The molecule has 0 spiro atoms. The molecule has 3 rings (SSSR count). The molecule has 0 bridgehead atoms.